The number of amides is 2. The van der Waals surface area contributed by atoms with Crippen LogP contribution in [0.25, 0.3) is 16.7 Å². The van der Waals surface area contributed by atoms with E-state index in [1.54, 1.807) is 13.0 Å². The molecule has 0 spiro atoms. The van der Waals surface area contributed by atoms with Gasteiger partial charge in [0.1, 0.15) is 5.69 Å². The lowest BCUT2D eigenvalue weighted by Crippen LogP contribution is -2.27. The van der Waals surface area contributed by atoms with Crippen molar-refractivity contribution in [3.8, 4) is 5.82 Å². The molecule has 0 saturated carbocycles. The number of anilines is 1. The molecule has 8 nitrogen and oxygen atoms in total. The molecule has 3 aromatic heterocycles. The molecule has 0 unspecified atom stereocenters. The minimum atomic E-state index is -4.83. The van der Waals surface area contributed by atoms with E-state index in [1.165, 1.54) is 18.3 Å². The third-order valence-corrected chi connectivity index (χ3v) is 6.82. The Morgan fingerprint density at radius 1 is 1.07 bits per heavy atom. The number of hydrogen-bond acceptors (Lipinski definition) is 5. The number of pyridine rings is 2. The second kappa shape index (κ2) is 12.3. The van der Waals surface area contributed by atoms with Crippen LogP contribution in [0.4, 0.5) is 18.9 Å². The maximum absolute atomic E-state index is 13.7. The molecule has 2 N–H and O–H groups in total. The van der Waals surface area contributed by atoms with Crippen molar-refractivity contribution in [2.45, 2.75) is 59.6 Å². The highest BCUT2D eigenvalue weighted by atomic mass is 35.5. The zero-order valence-corrected chi connectivity index (χ0v) is 23.9. The van der Waals surface area contributed by atoms with Gasteiger partial charge >= 0.3 is 6.18 Å². The summed E-state index contributed by atoms with van der Waals surface area (Å²) in [5.74, 6) is -1.50. The number of carbonyl (C=O) groups is 2. The summed E-state index contributed by atoms with van der Waals surface area (Å²) in [6.45, 7) is 8.06. The van der Waals surface area contributed by atoms with Crippen LogP contribution in [0.5, 0.6) is 0 Å². The van der Waals surface area contributed by atoms with Crippen LogP contribution in [-0.4, -0.2) is 38.1 Å². The Kier molecular flexibility index (Phi) is 8.96. The van der Waals surface area contributed by atoms with Gasteiger partial charge in [-0.15, -0.1) is 0 Å². The maximum atomic E-state index is 13.7. The summed E-state index contributed by atoms with van der Waals surface area (Å²) in [6.07, 6.45) is -0.461. The lowest BCUT2D eigenvalue weighted by molar-refractivity contribution is -0.141. The van der Waals surface area contributed by atoms with Gasteiger partial charge in [-0.3, -0.25) is 14.6 Å². The van der Waals surface area contributed by atoms with Crippen molar-refractivity contribution in [1.29, 1.82) is 0 Å². The Balaban J connectivity index is 1.90. The van der Waals surface area contributed by atoms with Crippen molar-refractivity contribution in [1.82, 2.24) is 25.1 Å². The molecule has 0 aliphatic carbocycles. The van der Waals surface area contributed by atoms with Gasteiger partial charge in [-0.2, -0.15) is 18.3 Å². The minimum absolute atomic E-state index is 0.000875. The molecular formula is C29H30ClF3N6O2. The molecule has 4 aromatic rings. The zero-order valence-electron chi connectivity index (χ0n) is 23.1. The van der Waals surface area contributed by atoms with Gasteiger partial charge in [-0.05, 0) is 61.6 Å². The number of halogens is 4. The van der Waals surface area contributed by atoms with E-state index in [2.05, 4.69) is 27.6 Å². The first-order valence-corrected chi connectivity index (χ1v) is 13.7. The van der Waals surface area contributed by atoms with E-state index in [0.717, 1.165) is 28.8 Å². The number of fused-ring (bicyclic) bond motifs is 1. The van der Waals surface area contributed by atoms with E-state index in [0.29, 0.717) is 41.9 Å². The largest absolute Gasteiger partial charge is 0.435 e. The van der Waals surface area contributed by atoms with Crippen LogP contribution in [0.1, 0.15) is 77.0 Å². The summed E-state index contributed by atoms with van der Waals surface area (Å²) in [6, 6.07) is 7.22. The second-order valence-corrected chi connectivity index (χ2v) is 9.96. The number of nitrogens with one attached hydrogen (secondary N) is 2. The van der Waals surface area contributed by atoms with Crippen LogP contribution >= 0.6 is 11.6 Å². The van der Waals surface area contributed by atoms with Crippen LogP contribution in [0, 0.1) is 6.92 Å². The fraction of sp³-hybridized carbons (Fsp3) is 0.345. The molecule has 0 bridgehead atoms. The van der Waals surface area contributed by atoms with E-state index in [1.807, 2.05) is 19.9 Å². The molecule has 12 heteroatoms. The van der Waals surface area contributed by atoms with E-state index in [-0.39, 0.29) is 22.1 Å². The summed E-state index contributed by atoms with van der Waals surface area (Å²) < 4.78 is 41.7. The molecule has 0 saturated heterocycles. The number of nitrogens with zero attached hydrogens (tertiary/aromatic N) is 4. The van der Waals surface area contributed by atoms with Gasteiger partial charge in [0.25, 0.3) is 11.8 Å². The van der Waals surface area contributed by atoms with Crippen LogP contribution in [0.15, 0.2) is 36.5 Å². The Morgan fingerprint density at radius 3 is 2.46 bits per heavy atom. The Morgan fingerprint density at radius 2 is 1.83 bits per heavy atom. The normalized spacial score (nSPS) is 11.6. The summed E-state index contributed by atoms with van der Waals surface area (Å²) in [7, 11) is 0. The maximum Gasteiger partial charge on any atom is 0.435 e. The molecule has 41 heavy (non-hydrogen) atoms. The number of aromatic nitrogens is 4. The fourth-order valence-electron chi connectivity index (χ4n) is 4.57. The van der Waals surface area contributed by atoms with Crippen molar-refractivity contribution in [2.24, 2.45) is 0 Å². The van der Waals surface area contributed by atoms with Gasteiger partial charge in [-0.25, -0.2) is 9.67 Å². The molecule has 0 aliphatic heterocycles. The van der Waals surface area contributed by atoms with E-state index in [9.17, 15) is 22.8 Å². The number of carbonyl (C=O) groups excluding carboxylic acids is 2. The van der Waals surface area contributed by atoms with Gasteiger partial charge in [0.2, 0.25) is 0 Å². The third-order valence-electron chi connectivity index (χ3n) is 6.53. The number of alkyl halides is 3. The third kappa shape index (κ3) is 6.19. The minimum Gasteiger partial charge on any atom is -0.352 e. The van der Waals surface area contributed by atoms with Crippen molar-refractivity contribution < 1.29 is 22.8 Å². The van der Waals surface area contributed by atoms with Gasteiger partial charge in [0.15, 0.2) is 11.5 Å². The number of aryl methyl sites for hydroxylation is 3. The lowest BCUT2D eigenvalue weighted by Gasteiger charge is -2.18. The summed E-state index contributed by atoms with van der Waals surface area (Å²) in [5.41, 5.74) is 1.62. The fourth-order valence-corrected chi connectivity index (χ4v) is 4.77. The van der Waals surface area contributed by atoms with Crippen LogP contribution in [-0.2, 0) is 19.0 Å². The first-order valence-electron chi connectivity index (χ1n) is 13.3. The summed E-state index contributed by atoms with van der Waals surface area (Å²) in [5, 5.41) is 9.67. The van der Waals surface area contributed by atoms with E-state index >= 15 is 0 Å². The average molecular weight is 587 g/mol. The molecule has 0 fully saturated rings. The quantitative estimate of drug-likeness (QED) is 0.227. The van der Waals surface area contributed by atoms with E-state index < -0.39 is 29.4 Å². The SMILES string of the molecule is CCCNC(=O)c1c(NC(=O)c2cc(C(F)(F)F)nn2-c2ncccc2Cl)c(C)cc2nc(CCC)c(CC)cc12. The lowest BCUT2D eigenvalue weighted by atomic mass is 9.96. The second-order valence-electron chi connectivity index (χ2n) is 9.55. The molecule has 4 rings (SSSR count). The molecule has 2 amide bonds. The van der Waals surface area contributed by atoms with Gasteiger partial charge in [0.05, 0.1) is 21.8 Å². The molecule has 216 valence electrons. The highest BCUT2D eigenvalue weighted by molar-refractivity contribution is 6.32. The molecular weight excluding hydrogens is 557 g/mol. The van der Waals surface area contributed by atoms with E-state index in [4.69, 9.17) is 16.6 Å². The Bertz CT molecular complexity index is 1620. The zero-order chi connectivity index (χ0) is 29.9. The molecule has 1 aromatic carbocycles. The highest BCUT2D eigenvalue weighted by Crippen LogP contribution is 2.34. The molecule has 0 aliphatic rings. The van der Waals surface area contributed by atoms with Crippen LogP contribution in [0.2, 0.25) is 5.02 Å². The number of hydrogen-bond donors (Lipinski definition) is 2. The predicted molar refractivity (Wildman–Crippen MR) is 152 cm³/mol. The highest BCUT2D eigenvalue weighted by Gasteiger charge is 2.37. The average Bonchev–Trinajstić information content (AvgIpc) is 3.38. The monoisotopic (exact) mass is 586 g/mol. The number of benzene rings is 1. The molecule has 0 radical (unpaired) electrons. The Labute approximate surface area is 240 Å². The Hall–Kier alpha value is -3.99. The first-order chi connectivity index (χ1) is 19.5. The first kappa shape index (κ1) is 30.0. The van der Waals surface area contributed by atoms with Gasteiger partial charge in [0, 0.05) is 29.9 Å². The van der Waals surface area contributed by atoms with Crippen molar-refractivity contribution in [3.63, 3.8) is 0 Å². The standard InChI is InChI=1S/C29H30ClF3N6O2/c1-5-9-20-17(7-3)14-18-21(36-20)13-16(4)25(24(18)28(41)35-11-6-2)37-27(40)22-15-23(29(31,32)33)38-39(22)26-19(30)10-8-12-34-26/h8,10,12-15H,5-7,9,11H2,1-4H3,(H,35,41)(H,37,40). The van der Waals surface area contributed by atoms with Crippen molar-refractivity contribution >= 4 is 40.0 Å². The topological polar surface area (TPSA) is 102 Å². The van der Waals surface area contributed by atoms with Gasteiger partial charge in [-0.1, -0.05) is 38.8 Å². The summed E-state index contributed by atoms with van der Waals surface area (Å²) in [4.78, 5) is 36.0. The van der Waals surface area contributed by atoms with Crippen molar-refractivity contribution in [2.75, 3.05) is 11.9 Å². The van der Waals surface area contributed by atoms with Crippen molar-refractivity contribution in [3.05, 3.63) is 75.3 Å². The summed E-state index contributed by atoms with van der Waals surface area (Å²) >= 11 is 6.19. The van der Waals surface area contributed by atoms with Gasteiger partial charge < -0.3 is 10.6 Å². The molecule has 3 heterocycles. The molecule has 0 atom stereocenters. The van der Waals surface area contributed by atoms with Crippen LogP contribution < -0.4 is 10.6 Å². The van der Waals surface area contributed by atoms with Crippen LogP contribution in [0.3, 0.4) is 0 Å². The smallest absolute Gasteiger partial charge is 0.352 e. The predicted octanol–water partition coefficient (Wildman–Crippen LogP) is 6.70. The number of rotatable bonds is 9.